The Balaban J connectivity index is 1.44. The van der Waals surface area contributed by atoms with Crippen molar-refractivity contribution in [2.24, 2.45) is 0 Å². The van der Waals surface area contributed by atoms with Gasteiger partial charge in [-0.2, -0.15) is 9.61 Å². The summed E-state index contributed by atoms with van der Waals surface area (Å²) in [6.45, 7) is 0. The predicted molar refractivity (Wildman–Crippen MR) is 114 cm³/mol. The fraction of sp³-hybridized carbons (Fsp3) is 0.0455. The molecule has 28 heavy (non-hydrogen) atoms. The normalized spacial score (nSPS) is 11.2. The van der Waals surface area contributed by atoms with Gasteiger partial charge in [0, 0.05) is 17.0 Å². The van der Waals surface area contributed by atoms with Crippen molar-refractivity contribution >= 4 is 27.9 Å². The van der Waals surface area contributed by atoms with Crippen LogP contribution in [0.3, 0.4) is 0 Å². The Kier molecular flexibility index (Phi) is 4.39. The monoisotopic (exact) mass is 402 g/mol. The van der Waals surface area contributed by atoms with Crippen LogP contribution in [0.2, 0.25) is 5.02 Å². The zero-order chi connectivity index (χ0) is 18.9. The lowest BCUT2D eigenvalue weighted by Crippen LogP contribution is -1.97. The van der Waals surface area contributed by atoms with Crippen molar-refractivity contribution < 1.29 is 0 Å². The molecule has 0 bridgehead atoms. The highest BCUT2D eigenvalue weighted by atomic mass is 35.5. The van der Waals surface area contributed by atoms with E-state index < -0.39 is 0 Å². The summed E-state index contributed by atoms with van der Waals surface area (Å²) in [5.74, 6) is 0.820. The van der Waals surface area contributed by atoms with Crippen LogP contribution >= 0.6 is 22.9 Å². The Labute approximate surface area is 171 Å². The van der Waals surface area contributed by atoms with Gasteiger partial charge in [0.25, 0.3) is 0 Å². The van der Waals surface area contributed by atoms with Crippen LogP contribution in [0.5, 0.6) is 0 Å². The number of halogens is 1. The van der Waals surface area contributed by atoms with Crippen LogP contribution in [0.15, 0.2) is 78.9 Å². The number of hydrogen-bond donors (Lipinski definition) is 0. The van der Waals surface area contributed by atoms with Gasteiger partial charge in [0.05, 0.1) is 0 Å². The third-order valence-electron chi connectivity index (χ3n) is 4.57. The molecule has 5 rings (SSSR count). The summed E-state index contributed by atoms with van der Waals surface area (Å²) in [5.41, 5.74) is 4.60. The first-order chi connectivity index (χ1) is 13.8. The molecular weight excluding hydrogens is 388 g/mol. The van der Waals surface area contributed by atoms with Crippen molar-refractivity contribution in [2.45, 2.75) is 6.42 Å². The van der Waals surface area contributed by atoms with E-state index in [1.807, 2.05) is 47.0 Å². The Bertz CT molecular complexity index is 1230. The maximum atomic E-state index is 5.97. The minimum Gasteiger partial charge on any atom is -0.187 e. The molecule has 0 aliphatic carbocycles. The van der Waals surface area contributed by atoms with E-state index in [2.05, 4.69) is 46.6 Å². The number of benzene rings is 3. The first-order valence-electron chi connectivity index (χ1n) is 8.88. The molecule has 5 aromatic rings. The van der Waals surface area contributed by atoms with Gasteiger partial charge in [-0.3, -0.25) is 0 Å². The summed E-state index contributed by atoms with van der Waals surface area (Å²) >= 11 is 7.51. The Hall–Kier alpha value is -3.02. The van der Waals surface area contributed by atoms with Crippen molar-refractivity contribution in [3.8, 4) is 21.7 Å². The first kappa shape index (κ1) is 17.1. The standard InChI is InChI=1S/C22H15ClN4S/c23-19-12-6-15(7-13-19)14-20-24-25-22-27(20)26-21(28-22)18-10-8-17(9-11-18)16-4-2-1-3-5-16/h1-13H,14H2. The molecule has 2 aromatic heterocycles. The van der Waals surface area contributed by atoms with E-state index in [0.29, 0.717) is 6.42 Å². The SMILES string of the molecule is Clc1ccc(Cc2nnc3sc(-c4ccc(-c5ccccc5)cc4)nn23)cc1. The molecule has 0 fully saturated rings. The molecule has 136 valence electrons. The van der Waals surface area contributed by atoms with E-state index >= 15 is 0 Å². The molecule has 0 amide bonds. The van der Waals surface area contributed by atoms with Gasteiger partial charge in [-0.25, -0.2) is 0 Å². The summed E-state index contributed by atoms with van der Waals surface area (Å²) in [7, 11) is 0. The van der Waals surface area contributed by atoms with Gasteiger partial charge in [-0.15, -0.1) is 10.2 Å². The maximum Gasteiger partial charge on any atom is 0.234 e. The average Bonchev–Trinajstić information content (AvgIpc) is 3.32. The van der Waals surface area contributed by atoms with E-state index in [4.69, 9.17) is 16.7 Å². The maximum absolute atomic E-state index is 5.97. The molecule has 0 radical (unpaired) electrons. The van der Waals surface area contributed by atoms with Crippen molar-refractivity contribution in [2.75, 3.05) is 0 Å². The molecule has 2 heterocycles. The lowest BCUT2D eigenvalue weighted by molar-refractivity contribution is 0.854. The lowest BCUT2D eigenvalue weighted by atomic mass is 10.0. The second-order valence-electron chi connectivity index (χ2n) is 6.46. The van der Waals surface area contributed by atoms with Gasteiger partial charge in [0.15, 0.2) is 5.82 Å². The van der Waals surface area contributed by atoms with Crippen LogP contribution in [-0.4, -0.2) is 19.8 Å². The van der Waals surface area contributed by atoms with Gasteiger partial charge in [-0.05, 0) is 28.8 Å². The summed E-state index contributed by atoms with van der Waals surface area (Å²) in [5, 5.41) is 15.0. The third kappa shape index (κ3) is 3.30. The number of nitrogens with zero attached hydrogens (tertiary/aromatic N) is 4. The molecule has 0 saturated carbocycles. The molecule has 4 nitrogen and oxygen atoms in total. The van der Waals surface area contributed by atoms with Crippen LogP contribution < -0.4 is 0 Å². The molecule has 6 heteroatoms. The number of aromatic nitrogens is 4. The van der Waals surface area contributed by atoms with Gasteiger partial charge < -0.3 is 0 Å². The molecule has 3 aromatic carbocycles. The van der Waals surface area contributed by atoms with Crippen molar-refractivity contribution in [3.05, 3.63) is 95.3 Å². The quantitative estimate of drug-likeness (QED) is 0.383. The largest absolute Gasteiger partial charge is 0.234 e. The van der Waals surface area contributed by atoms with Crippen LogP contribution in [0.25, 0.3) is 26.7 Å². The number of fused-ring (bicyclic) bond motifs is 1. The summed E-state index contributed by atoms with van der Waals surface area (Å²) in [4.78, 5) is 0.797. The predicted octanol–water partition coefficient (Wildman–Crippen LogP) is 5.76. The number of rotatable bonds is 4. The highest BCUT2D eigenvalue weighted by molar-refractivity contribution is 7.19. The van der Waals surface area contributed by atoms with E-state index in [1.165, 1.54) is 11.1 Å². The van der Waals surface area contributed by atoms with Crippen LogP contribution in [0.1, 0.15) is 11.4 Å². The van der Waals surface area contributed by atoms with E-state index in [1.54, 1.807) is 11.3 Å². The minimum atomic E-state index is 0.661. The van der Waals surface area contributed by atoms with Gasteiger partial charge >= 0.3 is 0 Å². The van der Waals surface area contributed by atoms with E-state index in [0.717, 1.165) is 31.9 Å². The van der Waals surface area contributed by atoms with Crippen LogP contribution in [0.4, 0.5) is 0 Å². The lowest BCUT2D eigenvalue weighted by Gasteiger charge is -2.02. The summed E-state index contributed by atoms with van der Waals surface area (Å²) < 4.78 is 1.83. The molecular formula is C22H15ClN4S. The Morgan fingerprint density at radius 1 is 0.750 bits per heavy atom. The molecule has 0 saturated heterocycles. The van der Waals surface area contributed by atoms with Gasteiger partial charge in [0.2, 0.25) is 4.96 Å². The van der Waals surface area contributed by atoms with Crippen molar-refractivity contribution in [1.29, 1.82) is 0 Å². The second-order valence-corrected chi connectivity index (χ2v) is 7.86. The third-order valence-corrected chi connectivity index (χ3v) is 5.77. The molecule has 0 aliphatic heterocycles. The van der Waals surface area contributed by atoms with Crippen molar-refractivity contribution in [3.63, 3.8) is 0 Å². The van der Waals surface area contributed by atoms with Crippen LogP contribution in [0, 0.1) is 0 Å². The molecule has 0 N–H and O–H groups in total. The van der Waals surface area contributed by atoms with E-state index in [-0.39, 0.29) is 0 Å². The smallest absolute Gasteiger partial charge is 0.187 e. The fourth-order valence-electron chi connectivity index (χ4n) is 3.11. The number of hydrogen-bond acceptors (Lipinski definition) is 4. The Morgan fingerprint density at radius 2 is 1.43 bits per heavy atom. The van der Waals surface area contributed by atoms with E-state index in [9.17, 15) is 0 Å². The first-order valence-corrected chi connectivity index (χ1v) is 10.1. The average molecular weight is 403 g/mol. The summed E-state index contributed by atoms with van der Waals surface area (Å²) in [6.07, 6.45) is 0.661. The van der Waals surface area contributed by atoms with Gasteiger partial charge in [0.1, 0.15) is 5.01 Å². The molecule has 0 unspecified atom stereocenters. The fourth-order valence-corrected chi connectivity index (χ4v) is 4.09. The molecule has 0 aliphatic rings. The summed E-state index contributed by atoms with van der Waals surface area (Å²) in [6, 6.07) is 26.6. The second kappa shape index (κ2) is 7.19. The zero-order valence-electron chi connectivity index (χ0n) is 14.8. The topological polar surface area (TPSA) is 43.1 Å². The van der Waals surface area contributed by atoms with Crippen LogP contribution in [-0.2, 0) is 6.42 Å². The zero-order valence-corrected chi connectivity index (χ0v) is 16.4. The highest BCUT2D eigenvalue weighted by Gasteiger charge is 2.13. The highest BCUT2D eigenvalue weighted by Crippen LogP contribution is 2.28. The van der Waals surface area contributed by atoms with Gasteiger partial charge in [-0.1, -0.05) is 89.7 Å². The molecule has 0 atom stereocenters. The van der Waals surface area contributed by atoms with Crippen molar-refractivity contribution in [1.82, 2.24) is 19.8 Å². The minimum absolute atomic E-state index is 0.661. The Morgan fingerprint density at radius 3 is 2.18 bits per heavy atom. The molecule has 0 spiro atoms.